The van der Waals surface area contributed by atoms with Crippen LogP contribution in [0.2, 0.25) is 0 Å². The molecule has 0 spiro atoms. The van der Waals surface area contributed by atoms with Gasteiger partial charge in [-0.1, -0.05) is 107 Å². The Morgan fingerprint density at radius 1 is 0.481 bits per heavy atom. The standard InChI is InChI=1S/C44H51BrNO6/c1-46(2,32-36-20-22-40(23-21-36)48-26-13-12-24-45)25-27-47-28-29-49-41-30-42(50-33-37-14-6-3-7-15-37)44(52-35-39-18-10-5-11-19-39)43(31-41)51-34-38-16-8-4-9-17-38/h3-11,14-23,30-31H,12-13,24-29,32-35H2,1-2H3/q+1. The molecule has 0 saturated carbocycles. The third kappa shape index (κ3) is 13.6. The Hall–Kier alpha value is -4.50. The first-order valence-corrected chi connectivity index (χ1v) is 19.1. The van der Waals surface area contributed by atoms with Gasteiger partial charge in [0.25, 0.3) is 0 Å². The molecule has 0 amide bonds. The van der Waals surface area contributed by atoms with E-state index in [0.29, 0.717) is 62.6 Å². The second-order valence-electron chi connectivity index (χ2n) is 13.2. The number of halogens is 1. The molecule has 274 valence electrons. The third-order valence-corrected chi connectivity index (χ3v) is 8.92. The minimum Gasteiger partial charge on any atom is -0.494 e. The van der Waals surface area contributed by atoms with Crippen LogP contribution in [-0.4, -0.2) is 56.9 Å². The Morgan fingerprint density at radius 2 is 1.00 bits per heavy atom. The fraction of sp³-hybridized carbons (Fsp3) is 0.318. The van der Waals surface area contributed by atoms with E-state index in [1.54, 1.807) is 0 Å². The van der Waals surface area contributed by atoms with Gasteiger partial charge in [0.2, 0.25) is 5.75 Å². The first-order chi connectivity index (χ1) is 25.5. The molecule has 7 nitrogen and oxygen atoms in total. The molecule has 5 aromatic carbocycles. The summed E-state index contributed by atoms with van der Waals surface area (Å²) in [5.74, 6) is 3.18. The summed E-state index contributed by atoms with van der Waals surface area (Å²) in [5, 5.41) is 1.01. The highest BCUT2D eigenvalue weighted by molar-refractivity contribution is 9.09. The minimum atomic E-state index is 0.366. The van der Waals surface area contributed by atoms with Crippen molar-refractivity contribution in [2.45, 2.75) is 39.2 Å². The van der Waals surface area contributed by atoms with Crippen LogP contribution in [0.1, 0.15) is 35.1 Å². The summed E-state index contributed by atoms with van der Waals surface area (Å²) >= 11 is 3.47. The van der Waals surface area contributed by atoms with E-state index in [2.05, 4.69) is 54.3 Å². The van der Waals surface area contributed by atoms with Crippen LogP contribution in [0.15, 0.2) is 127 Å². The van der Waals surface area contributed by atoms with E-state index in [4.69, 9.17) is 28.4 Å². The number of alkyl halides is 1. The Morgan fingerprint density at radius 3 is 1.54 bits per heavy atom. The molecule has 0 atom stereocenters. The summed E-state index contributed by atoms with van der Waals surface area (Å²) in [6.45, 7) is 5.08. The van der Waals surface area contributed by atoms with Crippen molar-refractivity contribution in [3.05, 3.63) is 150 Å². The van der Waals surface area contributed by atoms with Crippen LogP contribution < -0.4 is 23.7 Å². The summed E-state index contributed by atoms with van der Waals surface area (Å²) < 4.78 is 38.1. The van der Waals surface area contributed by atoms with Crippen LogP contribution in [0.25, 0.3) is 0 Å². The van der Waals surface area contributed by atoms with Crippen LogP contribution in [0, 0.1) is 0 Å². The maximum Gasteiger partial charge on any atom is 0.204 e. The van der Waals surface area contributed by atoms with Crippen LogP contribution in [-0.2, 0) is 31.1 Å². The number of hydrogen-bond donors (Lipinski definition) is 0. The van der Waals surface area contributed by atoms with Gasteiger partial charge in [0, 0.05) is 23.0 Å². The molecule has 52 heavy (non-hydrogen) atoms. The zero-order valence-corrected chi connectivity index (χ0v) is 32.0. The molecule has 0 unspecified atom stereocenters. The Kier molecular flexibility index (Phi) is 15.7. The molecule has 0 radical (unpaired) electrons. The van der Waals surface area contributed by atoms with Gasteiger partial charge in [-0.25, -0.2) is 0 Å². The molecule has 0 aliphatic carbocycles. The van der Waals surface area contributed by atoms with E-state index in [0.717, 1.165) is 64.8 Å². The lowest BCUT2D eigenvalue weighted by Gasteiger charge is -2.29. The first kappa shape index (κ1) is 38.7. The number of hydrogen-bond acceptors (Lipinski definition) is 6. The average Bonchev–Trinajstić information content (AvgIpc) is 3.17. The molecule has 0 aromatic heterocycles. The largest absolute Gasteiger partial charge is 0.494 e. The number of quaternary nitrogens is 1. The number of ether oxygens (including phenoxy) is 6. The molecular weight excluding hydrogens is 718 g/mol. The summed E-state index contributed by atoms with van der Waals surface area (Å²) in [4.78, 5) is 0. The highest BCUT2D eigenvalue weighted by Crippen LogP contribution is 2.43. The van der Waals surface area contributed by atoms with E-state index in [1.165, 1.54) is 5.56 Å². The van der Waals surface area contributed by atoms with Gasteiger partial charge in [-0.3, -0.25) is 0 Å². The van der Waals surface area contributed by atoms with Crippen molar-refractivity contribution in [3.8, 4) is 28.7 Å². The van der Waals surface area contributed by atoms with Gasteiger partial charge in [0.15, 0.2) is 11.5 Å². The van der Waals surface area contributed by atoms with E-state index < -0.39 is 0 Å². The maximum absolute atomic E-state index is 6.41. The highest BCUT2D eigenvalue weighted by Gasteiger charge is 2.19. The second-order valence-corrected chi connectivity index (χ2v) is 14.0. The molecule has 0 aliphatic rings. The fourth-order valence-electron chi connectivity index (χ4n) is 5.48. The number of likely N-dealkylation sites (N-methyl/N-ethyl adjacent to an activating group) is 1. The number of nitrogens with zero attached hydrogens (tertiary/aromatic N) is 1. The van der Waals surface area contributed by atoms with Crippen molar-refractivity contribution in [1.29, 1.82) is 0 Å². The van der Waals surface area contributed by atoms with Gasteiger partial charge in [-0.15, -0.1) is 0 Å². The van der Waals surface area contributed by atoms with Crippen molar-refractivity contribution in [2.24, 2.45) is 0 Å². The lowest BCUT2D eigenvalue weighted by molar-refractivity contribution is -0.904. The Bertz CT molecular complexity index is 1650. The topological polar surface area (TPSA) is 55.4 Å². The smallest absolute Gasteiger partial charge is 0.204 e. The van der Waals surface area contributed by atoms with Crippen LogP contribution in [0.4, 0.5) is 0 Å². The van der Waals surface area contributed by atoms with Crippen LogP contribution >= 0.6 is 15.9 Å². The van der Waals surface area contributed by atoms with Gasteiger partial charge >= 0.3 is 0 Å². The predicted molar refractivity (Wildman–Crippen MR) is 211 cm³/mol. The molecule has 5 rings (SSSR count). The summed E-state index contributed by atoms with van der Waals surface area (Å²) in [5.41, 5.74) is 4.41. The quantitative estimate of drug-likeness (QED) is 0.0375. The van der Waals surface area contributed by atoms with Crippen molar-refractivity contribution in [3.63, 3.8) is 0 Å². The average molecular weight is 770 g/mol. The molecular formula is C44H51BrNO6+. The molecule has 0 aliphatic heterocycles. The molecule has 0 N–H and O–H groups in total. The van der Waals surface area contributed by atoms with E-state index in [-0.39, 0.29) is 0 Å². The highest BCUT2D eigenvalue weighted by atomic mass is 79.9. The SMILES string of the molecule is C[N+](C)(CCOCCOc1cc(OCc2ccccc2)c(OCc2ccccc2)c(OCc2ccccc2)c1)Cc1ccc(OCCCCBr)cc1. The zero-order valence-electron chi connectivity index (χ0n) is 30.4. The van der Waals surface area contributed by atoms with Gasteiger partial charge in [0.1, 0.15) is 51.0 Å². The van der Waals surface area contributed by atoms with Gasteiger partial charge in [-0.05, 0) is 53.8 Å². The molecule has 0 saturated heterocycles. The monoisotopic (exact) mass is 768 g/mol. The summed E-state index contributed by atoms with van der Waals surface area (Å²) in [6.07, 6.45) is 2.17. The summed E-state index contributed by atoms with van der Waals surface area (Å²) in [6, 6.07) is 42.4. The van der Waals surface area contributed by atoms with E-state index in [1.807, 2.05) is 103 Å². The number of rotatable bonds is 23. The molecule has 0 fully saturated rings. The van der Waals surface area contributed by atoms with Gasteiger partial charge in [-0.2, -0.15) is 0 Å². The minimum absolute atomic E-state index is 0.366. The van der Waals surface area contributed by atoms with Crippen LogP contribution in [0.3, 0.4) is 0 Å². The van der Waals surface area contributed by atoms with Gasteiger partial charge < -0.3 is 32.9 Å². The number of unbranched alkanes of at least 4 members (excludes halogenated alkanes) is 1. The Labute approximate surface area is 317 Å². The molecule has 8 heteroatoms. The van der Waals surface area contributed by atoms with E-state index >= 15 is 0 Å². The van der Waals surface area contributed by atoms with Crippen molar-refractivity contribution in [2.75, 3.05) is 52.4 Å². The second kappa shape index (κ2) is 21.1. The predicted octanol–water partition coefficient (Wildman–Crippen LogP) is 9.65. The lowest BCUT2D eigenvalue weighted by atomic mass is 10.2. The maximum atomic E-state index is 6.41. The van der Waals surface area contributed by atoms with E-state index in [9.17, 15) is 0 Å². The fourth-order valence-corrected chi connectivity index (χ4v) is 5.87. The summed E-state index contributed by atoms with van der Waals surface area (Å²) in [7, 11) is 4.44. The molecule has 0 bridgehead atoms. The Balaban J connectivity index is 1.19. The lowest BCUT2D eigenvalue weighted by Crippen LogP contribution is -2.41. The zero-order chi connectivity index (χ0) is 36.3. The van der Waals surface area contributed by atoms with Gasteiger partial charge in [0.05, 0.1) is 33.9 Å². The van der Waals surface area contributed by atoms with Crippen LogP contribution in [0.5, 0.6) is 28.7 Å². The molecule has 0 heterocycles. The molecule has 5 aromatic rings. The van der Waals surface area contributed by atoms with Crippen molar-refractivity contribution in [1.82, 2.24) is 0 Å². The third-order valence-electron chi connectivity index (χ3n) is 8.36. The first-order valence-electron chi connectivity index (χ1n) is 18.0. The van der Waals surface area contributed by atoms with Crippen molar-refractivity contribution >= 4 is 15.9 Å². The van der Waals surface area contributed by atoms with Crippen molar-refractivity contribution < 1.29 is 32.9 Å². The number of benzene rings is 5. The normalized spacial score (nSPS) is 11.2.